The van der Waals surface area contributed by atoms with Gasteiger partial charge >= 0.3 is 0 Å². The fraction of sp³-hybridized carbons (Fsp3) is 0.522. The quantitative estimate of drug-likeness (QED) is 0.539. The zero-order valence-corrected chi connectivity index (χ0v) is 17.8. The van der Waals surface area contributed by atoms with Gasteiger partial charge in [0.05, 0.1) is 25.5 Å². The van der Waals surface area contributed by atoms with Gasteiger partial charge in [-0.25, -0.2) is 0 Å². The van der Waals surface area contributed by atoms with E-state index in [2.05, 4.69) is 55.8 Å². The monoisotopic (exact) mass is 411 g/mol. The van der Waals surface area contributed by atoms with Crippen LogP contribution in [-0.2, 0) is 11.3 Å². The summed E-state index contributed by atoms with van der Waals surface area (Å²) >= 11 is 0. The van der Waals surface area contributed by atoms with Gasteiger partial charge in [-0.1, -0.05) is 12.1 Å². The van der Waals surface area contributed by atoms with E-state index in [4.69, 9.17) is 9.15 Å². The van der Waals surface area contributed by atoms with Crippen LogP contribution < -0.4 is 15.5 Å². The third-order valence-corrected chi connectivity index (χ3v) is 5.91. The number of likely N-dealkylation sites (tertiary alicyclic amines) is 1. The van der Waals surface area contributed by atoms with Crippen molar-refractivity contribution >= 4 is 11.6 Å². The van der Waals surface area contributed by atoms with Crippen LogP contribution >= 0.6 is 0 Å². The Morgan fingerprint density at radius 2 is 1.80 bits per heavy atom. The Morgan fingerprint density at radius 1 is 1.03 bits per heavy atom. The summed E-state index contributed by atoms with van der Waals surface area (Å²) in [6.45, 7) is 7.28. The van der Waals surface area contributed by atoms with E-state index >= 15 is 0 Å². The zero-order chi connectivity index (χ0) is 20.6. The summed E-state index contributed by atoms with van der Waals surface area (Å²) in [5.74, 6) is 1.82. The van der Waals surface area contributed by atoms with Crippen molar-refractivity contribution in [2.45, 2.75) is 25.4 Å². The predicted octanol–water partition coefficient (Wildman–Crippen LogP) is 2.62. The van der Waals surface area contributed by atoms with Crippen LogP contribution in [0.15, 0.2) is 52.1 Å². The summed E-state index contributed by atoms with van der Waals surface area (Å²) in [6.07, 6.45) is 4.27. The zero-order valence-electron chi connectivity index (χ0n) is 17.8. The lowest BCUT2D eigenvalue weighted by atomic mass is 10.2. The van der Waals surface area contributed by atoms with Crippen molar-refractivity contribution in [1.82, 2.24) is 15.5 Å². The molecule has 1 unspecified atom stereocenters. The van der Waals surface area contributed by atoms with Crippen LogP contribution in [0.25, 0.3) is 0 Å². The number of benzene rings is 1. The number of guanidine groups is 1. The highest BCUT2D eigenvalue weighted by molar-refractivity contribution is 5.79. The molecule has 0 spiro atoms. The van der Waals surface area contributed by atoms with E-state index in [1.165, 1.54) is 24.1 Å². The second kappa shape index (κ2) is 10.5. The Balaban J connectivity index is 1.29. The molecule has 162 valence electrons. The van der Waals surface area contributed by atoms with Crippen LogP contribution in [0.2, 0.25) is 0 Å². The van der Waals surface area contributed by atoms with E-state index in [1.54, 1.807) is 6.26 Å². The molecule has 30 heavy (non-hydrogen) atoms. The second-order valence-electron chi connectivity index (χ2n) is 7.85. The molecule has 2 aliphatic rings. The fourth-order valence-electron chi connectivity index (χ4n) is 4.19. The topological polar surface area (TPSA) is 65.3 Å². The number of ether oxygens (including phenoxy) is 1. The molecule has 2 aliphatic heterocycles. The molecular weight excluding hydrogens is 378 g/mol. The van der Waals surface area contributed by atoms with Crippen molar-refractivity contribution in [2.24, 2.45) is 4.99 Å². The van der Waals surface area contributed by atoms with E-state index in [0.29, 0.717) is 0 Å². The minimum Gasteiger partial charge on any atom is -0.468 e. The molecule has 7 nitrogen and oxygen atoms in total. The average molecular weight is 412 g/mol. The van der Waals surface area contributed by atoms with Crippen LogP contribution in [0.4, 0.5) is 5.69 Å². The van der Waals surface area contributed by atoms with Crippen molar-refractivity contribution in [1.29, 1.82) is 0 Å². The molecule has 2 N–H and O–H groups in total. The Kier molecular flexibility index (Phi) is 7.26. The maximum atomic E-state index is 5.71. The molecule has 0 saturated carbocycles. The van der Waals surface area contributed by atoms with E-state index in [0.717, 1.165) is 64.2 Å². The second-order valence-corrected chi connectivity index (χ2v) is 7.85. The molecule has 3 heterocycles. The maximum Gasteiger partial charge on any atom is 0.191 e. The van der Waals surface area contributed by atoms with E-state index in [-0.39, 0.29) is 6.04 Å². The summed E-state index contributed by atoms with van der Waals surface area (Å²) < 4.78 is 11.1. The summed E-state index contributed by atoms with van der Waals surface area (Å²) in [5.41, 5.74) is 2.49. The summed E-state index contributed by atoms with van der Waals surface area (Å²) in [7, 11) is 1.81. The Morgan fingerprint density at radius 3 is 2.47 bits per heavy atom. The van der Waals surface area contributed by atoms with Gasteiger partial charge in [-0.2, -0.15) is 0 Å². The molecule has 2 fully saturated rings. The van der Waals surface area contributed by atoms with Gasteiger partial charge in [0.1, 0.15) is 5.76 Å². The van der Waals surface area contributed by atoms with Crippen molar-refractivity contribution in [3.63, 3.8) is 0 Å². The molecule has 2 saturated heterocycles. The molecule has 1 atom stereocenters. The number of hydrogen-bond acceptors (Lipinski definition) is 5. The average Bonchev–Trinajstić information content (AvgIpc) is 3.52. The van der Waals surface area contributed by atoms with Crippen LogP contribution in [0.3, 0.4) is 0 Å². The lowest BCUT2D eigenvalue weighted by Crippen LogP contribution is -2.42. The fourth-order valence-corrected chi connectivity index (χ4v) is 4.19. The third kappa shape index (κ3) is 5.34. The molecule has 0 amide bonds. The van der Waals surface area contributed by atoms with E-state index in [1.807, 2.05) is 13.1 Å². The van der Waals surface area contributed by atoms with Crippen LogP contribution in [0.5, 0.6) is 0 Å². The first-order valence-corrected chi connectivity index (χ1v) is 11.0. The molecule has 4 rings (SSSR count). The van der Waals surface area contributed by atoms with Crippen LogP contribution in [0, 0.1) is 0 Å². The minimum atomic E-state index is 0.230. The van der Waals surface area contributed by atoms with Gasteiger partial charge in [-0.15, -0.1) is 0 Å². The Hall–Kier alpha value is -2.51. The lowest BCUT2D eigenvalue weighted by molar-refractivity contribution is 0.122. The highest BCUT2D eigenvalue weighted by Gasteiger charge is 2.25. The Bertz CT molecular complexity index is 778. The number of furan rings is 1. The molecule has 0 bridgehead atoms. The largest absolute Gasteiger partial charge is 0.468 e. The summed E-state index contributed by atoms with van der Waals surface area (Å²) in [6, 6.07) is 13.0. The first kappa shape index (κ1) is 20.8. The number of aliphatic imine (C=N–C) groups is 1. The number of anilines is 1. The molecule has 0 radical (unpaired) electrons. The molecule has 1 aromatic carbocycles. The molecule has 1 aromatic heterocycles. The molecular formula is C23H33N5O2. The highest BCUT2D eigenvalue weighted by Crippen LogP contribution is 2.24. The minimum absolute atomic E-state index is 0.230. The molecule has 7 heteroatoms. The molecule has 2 aromatic rings. The lowest BCUT2D eigenvalue weighted by Gasteiger charge is -2.29. The van der Waals surface area contributed by atoms with E-state index in [9.17, 15) is 0 Å². The van der Waals surface area contributed by atoms with Gasteiger partial charge in [0.15, 0.2) is 5.96 Å². The van der Waals surface area contributed by atoms with Crippen molar-refractivity contribution < 1.29 is 9.15 Å². The highest BCUT2D eigenvalue weighted by atomic mass is 16.5. The first-order valence-electron chi connectivity index (χ1n) is 11.0. The van der Waals surface area contributed by atoms with Gasteiger partial charge in [0.2, 0.25) is 0 Å². The van der Waals surface area contributed by atoms with Crippen molar-refractivity contribution in [3.8, 4) is 0 Å². The standard InChI is InChI=1S/C23H33N5O2/c1-24-23(26-18-21(22-5-4-14-30-22)28-10-2-3-11-28)25-17-19-6-8-20(9-7-19)27-12-15-29-16-13-27/h4-9,14,21H,2-3,10-13,15-18H2,1H3,(H2,24,25,26). The van der Waals surface area contributed by atoms with Gasteiger partial charge in [-0.05, 0) is 55.8 Å². The van der Waals surface area contributed by atoms with Gasteiger partial charge in [0.25, 0.3) is 0 Å². The van der Waals surface area contributed by atoms with Gasteiger partial charge < -0.3 is 24.7 Å². The third-order valence-electron chi connectivity index (χ3n) is 5.91. The normalized spacial score (nSPS) is 19.1. The number of morpholine rings is 1. The SMILES string of the molecule is CN=C(NCc1ccc(N2CCOCC2)cc1)NCC(c1ccco1)N1CCCC1. The number of nitrogens with one attached hydrogen (secondary N) is 2. The summed E-state index contributed by atoms with van der Waals surface area (Å²) in [4.78, 5) is 9.26. The van der Waals surface area contributed by atoms with E-state index < -0.39 is 0 Å². The number of nitrogens with zero attached hydrogens (tertiary/aromatic N) is 3. The predicted molar refractivity (Wildman–Crippen MR) is 120 cm³/mol. The smallest absolute Gasteiger partial charge is 0.191 e. The van der Waals surface area contributed by atoms with Crippen molar-refractivity contribution in [3.05, 3.63) is 54.0 Å². The van der Waals surface area contributed by atoms with Gasteiger partial charge in [0, 0.05) is 38.9 Å². The maximum absolute atomic E-state index is 5.71. The van der Waals surface area contributed by atoms with Crippen LogP contribution in [0.1, 0.15) is 30.2 Å². The van der Waals surface area contributed by atoms with Crippen LogP contribution in [-0.4, -0.2) is 63.8 Å². The summed E-state index contributed by atoms with van der Waals surface area (Å²) in [5, 5.41) is 6.92. The Labute approximate surface area is 179 Å². The van der Waals surface area contributed by atoms with Crippen molar-refractivity contribution in [2.75, 3.05) is 57.9 Å². The number of rotatable bonds is 7. The molecule has 0 aliphatic carbocycles. The van der Waals surface area contributed by atoms with Gasteiger partial charge in [-0.3, -0.25) is 9.89 Å². The first-order chi connectivity index (χ1) is 14.8. The number of hydrogen-bond donors (Lipinski definition) is 2.